The molecule has 4 aromatic rings. The van der Waals surface area contributed by atoms with Crippen LogP contribution in [0.3, 0.4) is 0 Å². The molecule has 8 heteroatoms. The maximum absolute atomic E-state index is 12.5. The smallest absolute Gasteiger partial charge is 0.271 e. The topological polar surface area (TPSA) is 97.1 Å². The van der Waals surface area contributed by atoms with Gasteiger partial charge in [0.25, 0.3) is 5.91 Å². The van der Waals surface area contributed by atoms with Crippen molar-refractivity contribution in [3.8, 4) is 5.69 Å². The van der Waals surface area contributed by atoms with Gasteiger partial charge in [0, 0.05) is 11.3 Å². The lowest BCUT2D eigenvalue weighted by Gasteiger charge is -2.37. The largest absolute Gasteiger partial charge is 0.373 e. The number of hydrogen-bond acceptors (Lipinski definition) is 6. The molecule has 2 N–H and O–H groups in total. The van der Waals surface area contributed by atoms with Gasteiger partial charge in [0.15, 0.2) is 5.82 Å². The zero-order valence-electron chi connectivity index (χ0n) is 19.3. The normalized spacial score (nSPS) is 15.1. The van der Waals surface area contributed by atoms with Crippen LogP contribution < -0.4 is 10.7 Å². The minimum absolute atomic E-state index is 0.282. The molecule has 0 aliphatic heterocycles. The van der Waals surface area contributed by atoms with E-state index in [4.69, 9.17) is 0 Å². The molecule has 1 fully saturated rings. The van der Waals surface area contributed by atoms with Crippen molar-refractivity contribution in [3.05, 3.63) is 102 Å². The average Bonchev–Trinajstić information content (AvgIpc) is 3.41. The number of aromatic nitrogens is 4. The highest BCUT2D eigenvalue weighted by Crippen LogP contribution is 2.39. The van der Waals surface area contributed by atoms with Gasteiger partial charge in [-0.05, 0) is 65.2 Å². The Bertz CT molecular complexity index is 1280. The highest BCUT2D eigenvalue weighted by atomic mass is 16.2. The van der Waals surface area contributed by atoms with Gasteiger partial charge in [0.05, 0.1) is 17.4 Å². The van der Waals surface area contributed by atoms with E-state index in [9.17, 15) is 4.79 Å². The maximum Gasteiger partial charge on any atom is 0.271 e. The molecule has 0 unspecified atom stereocenters. The zero-order valence-corrected chi connectivity index (χ0v) is 19.3. The molecule has 5 rings (SSSR count). The summed E-state index contributed by atoms with van der Waals surface area (Å²) in [5.74, 6) is 0.501. The fourth-order valence-electron chi connectivity index (χ4n) is 4.54. The van der Waals surface area contributed by atoms with E-state index in [1.165, 1.54) is 6.42 Å². The number of amides is 1. The van der Waals surface area contributed by atoms with E-state index >= 15 is 0 Å². The molecule has 1 aliphatic carbocycles. The van der Waals surface area contributed by atoms with Crippen LogP contribution in [-0.4, -0.2) is 32.3 Å². The molecular weight excluding hydrogens is 438 g/mol. The van der Waals surface area contributed by atoms with Crippen LogP contribution in [0.15, 0.2) is 90.0 Å². The lowest BCUT2D eigenvalue weighted by atomic mass is 9.80. The van der Waals surface area contributed by atoms with Gasteiger partial charge in [0.2, 0.25) is 0 Å². The summed E-state index contributed by atoms with van der Waals surface area (Å²) in [6, 6.07) is 27.0. The van der Waals surface area contributed by atoms with Gasteiger partial charge in [-0.1, -0.05) is 67.8 Å². The predicted molar refractivity (Wildman–Crippen MR) is 135 cm³/mol. The number of carbonyl (C=O) groups excluding carboxylic acids is 1. The summed E-state index contributed by atoms with van der Waals surface area (Å²) in [6.07, 6.45) is 6.92. The SMILES string of the molecule is O=C(N/N=C\c1ccccc1)c1ccc(-n2nnnc2C2(Nc3ccccc3)CCCCC2)cc1. The summed E-state index contributed by atoms with van der Waals surface area (Å²) < 4.78 is 1.77. The minimum Gasteiger partial charge on any atom is -0.373 e. The summed E-state index contributed by atoms with van der Waals surface area (Å²) in [6.45, 7) is 0. The van der Waals surface area contributed by atoms with Crippen LogP contribution in [0.4, 0.5) is 5.69 Å². The molecule has 1 aliphatic rings. The quantitative estimate of drug-likeness (QED) is 0.305. The Kier molecular flexibility index (Phi) is 6.61. The molecule has 1 aromatic heterocycles. The lowest BCUT2D eigenvalue weighted by Crippen LogP contribution is -2.40. The summed E-state index contributed by atoms with van der Waals surface area (Å²) in [5, 5.41) is 20.5. The summed E-state index contributed by atoms with van der Waals surface area (Å²) >= 11 is 0. The van der Waals surface area contributed by atoms with Gasteiger partial charge in [-0.3, -0.25) is 4.79 Å². The lowest BCUT2D eigenvalue weighted by molar-refractivity contribution is 0.0955. The first-order chi connectivity index (χ1) is 17.2. The molecule has 0 spiro atoms. The number of rotatable bonds is 7. The van der Waals surface area contributed by atoms with E-state index in [1.54, 1.807) is 23.0 Å². The van der Waals surface area contributed by atoms with Gasteiger partial charge in [0.1, 0.15) is 0 Å². The molecule has 1 saturated carbocycles. The van der Waals surface area contributed by atoms with Crippen LogP contribution in [0.2, 0.25) is 0 Å². The molecule has 8 nitrogen and oxygen atoms in total. The number of hydrogen-bond donors (Lipinski definition) is 2. The second-order valence-corrected chi connectivity index (χ2v) is 8.70. The van der Waals surface area contributed by atoms with Gasteiger partial charge < -0.3 is 5.32 Å². The van der Waals surface area contributed by atoms with Crippen LogP contribution in [0.25, 0.3) is 5.69 Å². The van der Waals surface area contributed by atoms with E-state index < -0.39 is 0 Å². The van der Waals surface area contributed by atoms with Crippen molar-refractivity contribution < 1.29 is 4.79 Å². The molecule has 35 heavy (non-hydrogen) atoms. The molecule has 0 saturated heterocycles. The number of nitrogens with one attached hydrogen (secondary N) is 2. The Hall–Kier alpha value is -4.33. The molecule has 0 radical (unpaired) electrons. The Morgan fingerprint density at radius 3 is 2.29 bits per heavy atom. The highest BCUT2D eigenvalue weighted by Gasteiger charge is 2.39. The number of anilines is 1. The number of hydrazone groups is 1. The number of benzene rings is 3. The highest BCUT2D eigenvalue weighted by molar-refractivity contribution is 5.95. The van der Waals surface area contributed by atoms with E-state index in [2.05, 4.69) is 43.5 Å². The number of carbonyl (C=O) groups is 1. The summed E-state index contributed by atoms with van der Waals surface area (Å²) in [4.78, 5) is 12.5. The Morgan fingerprint density at radius 2 is 1.57 bits per heavy atom. The van der Waals surface area contributed by atoms with Crippen LogP contribution in [0.5, 0.6) is 0 Å². The van der Waals surface area contributed by atoms with Crippen molar-refractivity contribution in [1.29, 1.82) is 0 Å². The van der Waals surface area contributed by atoms with Crippen LogP contribution in [-0.2, 0) is 5.54 Å². The molecule has 176 valence electrons. The van der Waals surface area contributed by atoms with Crippen LogP contribution in [0.1, 0.15) is 53.8 Å². The van der Waals surface area contributed by atoms with Crippen molar-refractivity contribution in [3.63, 3.8) is 0 Å². The second-order valence-electron chi connectivity index (χ2n) is 8.70. The molecule has 1 amide bonds. The van der Waals surface area contributed by atoms with Crippen molar-refractivity contribution >= 4 is 17.8 Å². The van der Waals surface area contributed by atoms with Gasteiger partial charge >= 0.3 is 0 Å². The van der Waals surface area contributed by atoms with Crippen molar-refractivity contribution in [2.75, 3.05) is 5.32 Å². The molecular formula is C27H27N7O. The first-order valence-corrected chi connectivity index (χ1v) is 11.8. The van der Waals surface area contributed by atoms with E-state index in [0.29, 0.717) is 5.56 Å². The Morgan fingerprint density at radius 1 is 0.886 bits per heavy atom. The molecule has 1 heterocycles. The van der Waals surface area contributed by atoms with Gasteiger partial charge in [-0.25, -0.2) is 5.43 Å². The Balaban J connectivity index is 1.35. The summed E-state index contributed by atoms with van der Waals surface area (Å²) in [5.41, 5.74) is 5.48. The number of nitrogens with zero attached hydrogens (tertiary/aromatic N) is 5. The van der Waals surface area contributed by atoms with Crippen molar-refractivity contribution in [2.45, 2.75) is 37.6 Å². The van der Waals surface area contributed by atoms with Crippen LogP contribution in [0, 0.1) is 0 Å². The van der Waals surface area contributed by atoms with Crippen molar-refractivity contribution in [1.82, 2.24) is 25.6 Å². The van der Waals surface area contributed by atoms with Crippen LogP contribution >= 0.6 is 0 Å². The molecule has 0 bridgehead atoms. The van der Waals surface area contributed by atoms with Gasteiger partial charge in [-0.2, -0.15) is 9.78 Å². The number of para-hydroxylation sites is 1. The fraction of sp³-hybridized carbons (Fsp3) is 0.222. The first-order valence-electron chi connectivity index (χ1n) is 11.8. The first kappa shape index (κ1) is 22.5. The van der Waals surface area contributed by atoms with Gasteiger partial charge in [-0.15, -0.1) is 5.10 Å². The van der Waals surface area contributed by atoms with Crippen molar-refractivity contribution in [2.24, 2.45) is 5.10 Å². The van der Waals surface area contributed by atoms with E-state index in [1.807, 2.05) is 60.7 Å². The fourth-order valence-corrected chi connectivity index (χ4v) is 4.54. The standard InChI is InChI=1S/C27H27N7O/c35-25(30-28-20-21-10-4-1-5-11-21)22-14-16-24(17-15-22)34-26(31-32-33-34)27(18-8-3-9-19-27)29-23-12-6-2-7-13-23/h1-2,4-7,10-17,20,29H,3,8-9,18-19H2,(H,30,35)/b28-20-. The predicted octanol–water partition coefficient (Wildman–Crippen LogP) is 4.70. The molecule has 0 atom stereocenters. The minimum atomic E-state index is -0.356. The third-order valence-electron chi connectivity index (χ3n) is 6.32. The summed E-state index contributed by atoms with van der Waals surface area (Å²) in [7, 11) is 0. The third kappa shape index (κ3) is 5.11. The van der Waals surface area contributed by atoms with E-state index in [0.717, 1.165) is 48.4 Å². The number of tetrazole rings is 1. The monoisotopic (exact) mass is 465 g/mol. The third-order valence-corrected chi connectivity index (χ3v) is 6.32. The maximum atomic E-state index is 12.5. The average molecular weight is 466 g/mol. The second kappa shape index (κ2) is 10.3. The zero-order chi connectivity index (χ0) is 23.9. The Labute approximate surface area is 204 Å². The van der Waals surface area contributed by atoms with E-state index in [-0.39, 0.29) is 11.4 Å². The molecule has 3 aromatic carbocycles.